The second kappa shape index (κ2) is 9.93. The Morgan fingerprint density at radius 3 is 2.48 bits per heavy atom. The summed E-state index contributed by atoms with van der Waals surface area (Å²) in [5, 5.41) is 8.94. The van der Waals surface area contributed by atoms with E-state index in [1.165, 1.54) is 5.56 Å². The molecule has 0 aromatic heterocycles. The average molecular weight is 372 g/mol. The van der Waals surface area contributed by atoms with Crippen molar-refractivity contribution >= 4 is 17.7 Å². The molecule has 2 amide bonds. The minimum absolute atomic E-state index is 0.0295. The van der Waals surface area contributed by atoms with Crippen LogP contribution < -0.4 is 4.90 Å². The van der Waals surface area contributed by atoms with Crippen LogP contribution in [0.25, 0.3) is 0 Å². The summed E-state index contributed by atoms with van der Waals surface area (Å²) in [6, 6.07) is 8.03. The fraction of sp³-hybridized carbons (Fsp3) is 0.550. The van der Waals surface area contributed by atoms with E-state index in [1.807, 2.05) is 36.9 Å². The van der Waals surface area contributed by atoms with Crippen molar-refractivity contribution in [3.05, 3.63) is 29.3 Å². The van der Waals surface area contributed by atoms with Gasteiger partial charge in [0.1, 0.15) is 0 Å². The molecule has 7 heteroatoms. The summed E-state index contributed by atoms with van der Waals surface area (Å²) in [5.41, 5.74) is 3.11. The average Bonchev–Trinajstić information content (AvgIpc) is 2.65. The van der Waals surface area contributed by atoms with E-state index in [2.05, 4.69) is 6.07 Å². The van der Waals surface area contributed by atoms with Gasteiger partial charge in [0.05, 0.1) is 25.6 Å². The fourth-order valence-electron chi connectivity index (χ4n) is 3.03. The summed E-state index contributed by atoms with van der Waals surface area (Å²) in [6.07, 6.45) is -0.00998. The Labute approximate surface area is 161 Å². The highest BCUT2D eigenvalue weighted by molar-refractivity contribution is 5.95. The number of rotatable bonds is 6. The molecule has 2 rings (SSSR count). The zero-order valence-electron chi connectivity index (χ0n) is 16.4. The third-order valence-electron chi connectivity index (χ3n) is 4.81. The van der Waals surface area contributed by atoms with Crippen LogP contribution in [0.3, 0.4) is 0 Å². The molecule has 0 unspecified atom stereocenters. The molecule has 0 N–H and O–H groups in total. The minimum atomic E-state index is -0.297. The zero-order chi connectivity index (χ0) is 19.8. The van der Waals surface area contributed by atoms with Gasteiger partial charge in [-0.25, -0.2) is 4.79 Å². The summed E-state index contributed by atoms with van der Waals surface area (Å²) < 4.78 is 5.02. The van der Waals surface area contributed by atoms with E-state index in [4.69, 9.17) is 10.00 Å². The molecule has 146 valence electrons. The van der Waals surface area contributed by atoms with Gasteiger partial charge in [-0.15, -0.1) is 0 Å². The van der Waals surface area contributed by atoms with Crippen LogP contribution in [-0.2, 0) is 9.53 Å². The Balaban J connectivity index is 1.99. The molecule has 0 spiro atoms. The van der Waals surface area contributed by atoms with Crippen molar-refractivity contribution in [2.75, 3.05) is 50.8 Å². The van der Waals surface area contributed by atoms with Gasteiger partial charge in [0.2, 0.25) is 5.91 Å². The van der Waals surface area contributed by atoms with Crippen molar-refractivity contribution in [1.29, 1.82) is 5.26 Å². The lowest BCUT2D eigenvalue weighted by Crippen LogP contribution is -2.51. The van der Waals surface area contributed by atoms with Crippen LogP contribution in [0.15, 0.2) is 18.2 Å². The number of nitrogens with zero attached hydrogens (tertiary/aromatic N) is 4. The number of anilines is 1. The monoisotopic (exact) mass is 372 g/mol. The van der Waals surface area contributed by atoms with Gasteiger partial charge in [-0.2, -0.15) is 5.26 Å². The molecule has 1 aliphatic rings. The van der Waals surface area contributed by atoms with Crippen molar-refractivity contribution in [2.45, 2.75) is 27.2 Å². The van der Waals surface area contributed by atoms with Crippen LogP contribution in [-0.4, -0.2) is 67.7 Å². The number of amides is 2. The predicted molar refractivity (Wildman–Crippen MR) is 104 cm³/mol. The standard InChI is InChI=1S/C20H28N4O3/c1-4-27-20(26)23-12-10-22(11-13-23)15-19(25)24(9-5-8-21)18-7-6-16(2)17(3)14-18/h6-7,14H,4-5,9-13,15H2,1-3H3. The maximum absolute atomic E-state index is 12.9. The Hall–Kier alpha value is -2.59. The summed E-state index contributed by atoms with van der Waals surface area (Å²) in [4.78, 5) is 30.1. The molecule has 1 aromatic carbocycles. The minimum Gasteiger partial charge on any atom is -0.450 e. The quantitative estimate of drug-likeness (QED) is 0.766. The molecule has 7 nitrogen and oxygen atoms in total. The Bertz CT molecular complexity index is 706. The highest BCUT2D eigenvalue weighted by Gasteiger charge is 2.25. The second-order valence-corrected chi connectivity index (χ2v) is 6.68. The van der Waals surface area contributed by atoms with Crippen molar-refractivity contribution in [1.82, 2.24) is 9.80 Å². The van der Waals surface area contributed by atoms with Gasteiger partial charge in [-0.3, -0.25) is 9.69 Å². The van der Waals surface area contributed by atoms with Gasteiger partial charge in [0.25, 0.3) is 0 Å². The maximum atomic E-state index is 12.9. The Morgan fingerprint density at radius 1 is 1.19 bits per heavy atom. The number of hydrogen-bond donors (Lipinski definition) is 0. The number of benzene rings is 1. The van der Waals surface area contributed by atoms with Crippen LogP contribution in [0.1, 0.15) is 24.5 Å². The molecule has 0 bridgehead atoms. The van der Waals surface area contributed by atoms with Gasteiger partial charge in [0, 0.05) is 38.4 Å². The third-order valence-corrected chi connectivity index (χ3v) is 4.81. The normalized spacial score (nSPS) is 14.5. The molecular weight excluding hydrogens is 344 g/mol. The number of ether oxygens (including phenoxy) is 1. The molecule has 1 aromatic rings. The summed E-state index contributed by atoms with van der Waals surface area (Å²) in [5.74, 6) is -0.0295. The van der Waals surface area contributed by atoms with Gasteiger partial charge in [0.15, 0.2) is 0 Å². The zero-order valence-corrected chi connectivity index (χ0v) is 16.4. The van der Waals surface area contributed by atoms with Crippen LogP contribution in [0, 0.1) is 25.2 Å². The van der Waals surface area contributed by atoms with E-state index in [9.17, 15) is 9.59 Å². The summed E-state index contributed by atoms with van der Waals surface area (Å²) in [7, 11) is 0. The second-order valence-electron chi connectivity index (χ2n) is 6.68. The van der Waals surface area contributed by atoms with Crippen LogP contribution >= 0.6 is 0 Å². The number of carbonyl (C=O) groups is 2. The summed E-state index contributed by atoms with van der Waals surface area (Å²) >= 11 is 0. The lowest BCUT2D eigenvalue weighted by atomic mass is 10.1. The van der Waals surface area contributed by atoms with E-state index >= 15 is 0 Å². The number of hydrogen-bond acceptors (Lipinski definition) is 5. The van der Waals surface area contributed by atoms with E-state index in [1.54, 1.807) is 16.7 Å². The van der Waals surface area contributed by atoms with Crippen LogP contribution in [0.4, 0.5) is 10.5 Å². The van der Waals surface area contributed by atoms with Gasteiger partial charge in [-0.1, -0.05) is 6.07 Å². The highest BCUT2D eigenvalue weighted by Crippen LogP contribution is 2.20. The van der Waals surface area contributed by atoms with Crippen molar-refractivity contribution in [2.24, 2.45) is 0 Å². The van der Waals surface area contributed by atoms with Gasteiger partial charge >= 0.3 is 6.09 Å². The Kier molecular flexibility index (Phi) is 7.62. The number of nitriles is 1. The van der Waals surface area contributed by atoms with Crippen molar-refractivity contribution in [3.8, 4) is 6.07 Å². The first-order valence-corrected chi connectivity index (χ1v) is 9.35. The first-order chi connectivity index (χ1) is 13.0. The predicted octanol–water partition coefficient (Wildman–Crippen LogP) is 2.32. The lowest BCUT2D eigenvalue weighted by Gasteiger charge is -2.34. The molecule has 1 saturated heterocycles. The summed E-state index contributed by atoms with van der Waals surface area (Å²) in [6.45, 7) is 9.20. The first-order valence-electron chi connectivity index (χ1n) is 9.35. The topological polar surface area (TPSA) is 76.9 Å². The van der Waals surface area contributed by atoms with E-state index in [0.717, 1.165) is 11.3 Å². The number of piperazine rings is 1. The largest absolute Gasteiger partial charge is 0.450 e. The van der Waals surface area contributed by atoms with Crippen LogP contribution in [0.5, 0.6) is 0 Å². The third kappa shape index (κ3) is 5.69. The molecule has 1 aliphatic heterocycles. The lowest BCUT2D eigenvalue weighted by molar-refractivity contribution is -0.120. The molecular formula is C20H28N4O3. The van der Waals surface area contributed by atoms with Crippen molar-refractivity contribution in [3.63, 3.8) is 0 Å². The SMILES string of the molecule is CCOC(=O)N1CCN(CC(=O)N(CCC#N)c2ccc(C)c(C)c2)CC1. The molecule has 0 radical (unpaired) electrons. The Morgan fingerprint density at radius 2 is 1.89 bits per heavy atom. The molecule has 0 atom stereocenters. The van der Waals surface area contributed by atoms with E-state index in [0.29, 0.717) is 39.3 Å². The molecule has 1 fully saturated rings. The number of carbonyl (C=O) groups excluding carboxylic acids is 2. The maximum Gasteiger partial charge on any atom is 0.409 e. The fourth-order valence-corrected chi connectivity index (χ4v) is 3.03. The van der Waals surface area contributed by atoms with E-state index < -0.39 is 0 Å². The van der Waals surface area contributed by atoms with Crippen molar-refractivity contribution < 1.29 is 14.3 Å². The van der Waals surface area contributed by atoms with Gasteiger partial charge in [-0.05, 0) is 44.0 Å². The smallest absolute Gasteiger partial charge is 0.409 e. The van der Waals surface area contributed by atoms with Crippen LogP contribution in [0.2, 0.25) is 0 Å². The molecule has 27 heavy (non-hydrogen) atoms. The van der Waals surface area contributed by atoms with E-state index in [-0.39, 0.29) is 25.0 Å². The highest BCUT2D eigenvalue weighted by atomic mass is 16.6. The number of aryl methyl sites for hydroxylation is 2. The molecule has 0 saturated carbocycles. The molecule has 1 heterocycles. The molecule has 0 aliphatic carbocycles. The van der Waals surface area contributed by atoms with Gasteiger partial charge < -0.3 is 14.5 Å². The first kappa shape index (κ1) is 20.7.